The summed E-state index contributed by atoms with van der Waals surface area (Å²) in [6, 6.07) is 37.9. The van der Waals surface area contributed by atoms with E-state index in [9.17, 15) is 23.9 Å². The second-order valence-electron chi connectivity index (χ2n) is 11.0. The number of amides is 2. The van der Waals surface area contributed by atoms with Crippen LogP contribution in [0, 0.1) is 5.82 Å². The first-order chi connectivity index (χ1) is 22.7. The van der Waals surface area contributed by atoms with Gasteiger partial charge in [-0.1, -0.05) is 109 Å². The minimum Gasteiger partial charge on any atom is -0.480 e. The average Bonchev–Trinajstić information content (AvgIpc) is 3.09. The maximum absolute atomic E-state index is 13.7. The Kier molecular flexibility index (Phi) is 9.09. The summed E-state index contributed by atoms with van der Waals surface area (Å²) >= 11 is 5.92. The largest absolute Gasteiger partial charge is 0.480 e. The Morgan fingerprint density at radius 1 is 0.660 bits per heavy atom. The molecular weight excluding hydrogens is 615 g/mol. The molecule has 2 amide bonds. The van der Waals surface area contributed by atoms with E-state index in [4.69, 9.17) is 11.6 Å². The van der Waals surface area contributed by atoms with E-state index in [0.29, 0.717) is 16.7 Å². The average molecular weight is 643 g/mol. The third-order valence-corrected chi connectivity index (χ3v) is 8.17. The molecule has 8 heteroatoms. The second-order valence-corrected chi connectivity index (χ2v) is 11.4. The summed E-state index contributed by atoms with van der Waals surface area (Å²) in [4.78, 5) is 39.3. The van der Waals surface area contributed by atoms with Crippen LogP contribution in [0.2, 0.25) is 5.02 Å². The van der Waals surface area contributed by atoms with Crippen LogP contribution >= 0.6 is 11.6 Å². The number of halogens is 2. The maximum Gasteiger partial charge on any atom is 0.326 e. The summed E-state index contributed by atoms with van der Waals surface area (Å²) in [5.74, 6) is -2.78. The highest BCUT2D eigenvalue weighted by Gasteiger charge is 2.24. The van der Waals surface area contributed by atoms with E-state index in [2.05, 4.69) is 10.6 Å². The van der Waals surface area contributed by atoms with Gasteiger partial charge in [0.2, 0.25) is 0 Å². The van der Waals surface area contributed by atoms with Crippen LogP contribution in [-0.2, 0) is 11.2 Å². The lowest BCUT2D eigenvalue weighted by molar-refractivity contribution is -0.139. The standard InChI is InChI=1S/C39H28ClFN2O4/c40-33-22-31(18-19-34(33)41)27-12-10-24(11-13-27)20-36(39(46)47)43-38(45)32-21-29-8-4-5-9-30(29)23-35(32)42-37(44)28-16-14-26(15-17-28)25-6-2-1-3-7-25/h1-19,21-23,36H,20H2,(H,42,44)(H,43,45)(H,46,47)/t36-/m0/s1. The molecular formula is C39H28ClFN2O4. The number of benzene rings is 6. The Morgan fingerprint density at radius 3 is 1.89 bits per heavy atom. The molecule has 0 unspecified atom stereocenters. The van der Waals surface area contributed by atoms with Crippen molar-refractivity contribution < 1.29 is 23.9 Å². The predicted molar refractivity (Wildman–Crippen MR) is 183 cm³/mol. The molecule has 0 radical (unpaired) electrons. The van der Waals surface area contributed by atoms with E-state index in [-0.39, 0.29) is 22.7 Å². The molecule has 6 nitrogen and oxygen atoms in total. The molecule has 6 rings (SSSR count). The molecule has 232 valence electrons. The van der Waals surface area contributed by atoms with Crippen LogP contribution in [0.1, 0.15) is 26.3 Å². The molecule has 0 spiro atoms. The first kappa shape index (κ1) is 31.2. The number of nitrogens with one attached hydrogen (secondary N) is 2. The quantitative estimate of drug-likeness (QED) is 0.147. The lowest BCUT2D eigenvalue weighted by atomic mass is 9.99. The van der Waals surface area contributed by atoms with Gasteiger partial charge in [-0.3, -0.25) is 9.59 Å². The van der Waals surface area contributed by atoms with Crippen molar-refractivity contribution in [2.75, 3.05) is 5.32 Å². The van der Waals surface area contributed by atoms with Gasteiger partial charge in [-0.2, -0.15) is 0 Å². The minimum atomic E-state index is -1.26. The number of carbonyl (C=O) groups excluding carboxylic acids is 2. The van der Waals surface area contributed by atoms with Gasteiger partial charge < -0.3 is 15.7 Å². The number of aliphatic carboxylic acids is 1. The number of anilines is 1. The van der Waals surface area contributed by atoms with Gasteiger partial charge in [0.05, 0.1) is 16.3 Å². The van der Waals surface area contributed by atoms with Gasteiger partial charge in [0, 0.05) is 12.0 Å². The molecule has 1 atom stereocenters. The summed E-state index contributed by atoms with van der Waals surface area (Å²) in [5.41, 5.74) is 4.93. The molecule has 47 heavy (non-hydrogen) atoms. The van der Waals surface area contributed by atoms with Crippen LogP contribution < -0.4 is 10.6 Å². The minimum absolute atomic E-state index is 0.00504. The van der Waals surface area contributed by atoms with Crippen LogP contribution in [0.25, 0.3) is 33.0 Å². The SMILES string of the molecule is O=C(Nc1cc2ccccc2cc1C(=O)N[C@@H](Cc1ccc(-c2ccc(F)c(Cl)c2)cc1)C(=O)O)c1ccc(-c2ccccc2)cc1. The Morgan fingerprint density at radius 2 is 1.23 bits per heavy atom. The summed E-state index contributed by atoms with van der Waals surface area (Å²) in [6.07, 6.45) is 0.00850. The number of carboxylic acids is 1. The lowest BCUT2D eigenvalue weighted by Gasteiger charge is -2.18. The van der Waals surface area contributed by atoms with Gasteiger partial charge in [-0.15, -0.1) is 0 Å². The Bertz CT molecular complexity index is 2100. The van der Waals surface area contributed by atoms with E-state index in [1.807, 2.05) is 66.7 Å². The van der Waals surface area contributed by atoms with Crippen LogP contribution in [0.15, 0.2) is 133 Å². The molecule has 0 aliphatic rings. The predicted octanol–water partition coefficient (Wildman–Crippen LogP) is 8.64. The highest BCUT2D eigenvalue weighted by molar-refractivity contribution is 6.31. The summed E-state index contributed by atoms with van der Waals surface area (Å²) in [6.45, 7) is 0. The monoisotopic (exact) mass is 642 g/mol. The number of carboxylic acid groups (broad SMARTS) is 1. The lowest BCUT2D eigenvalue weighted by Crippen LogP contribution is -2.42. The van der Waals surface area contributed by atoms with Gasteiger partial charge in [-0.25, -0.2) is 9.18 Å². The molecule has 0 saturated carbocycles. The normalized spacial score (nSPS) is 11.5. The Labute approximate surface area is 275 Å². The van der Waals surface area contributed by atoms with Crippen molar-refractivity contribution in [2.24, 2.45) is 0 Å². The molecule has 6 aromatic rings. The van der Waals surface area contributed by atoms with Crippen molar-refractivity contribution in [1.29, 1.82) is 0 Å². The number of rotatable bonds is 9. The fourth-order valence-corrected chi connectivity index (χ4v) is 5.53. The molecule has 0 heterocycles. The van der Waals surface area contributed by atoms with Crippen molar-refractivity contribution in [1.82, 2.24) is 5.32 Å². The molecule has 0 fully saturated rings. The number of fused-ring (bicyclic) bond motifs is 1. The molecule has 6 aromatic carbocycles. The highest BCUT2D eigenvalue weighted by atomic mass is 35.5. The van der Waals surface area contributed by atoms with Gasteiger partial charge in [0.25, 0.3) is 11.8 Å². The molecule has 3 N–H and O–H groups in total. The zero-order valence-electron chi connectivity index (χ0n) is 24.9. The van der Waals surface area contributed by atoms with E-state index in [0.717, 1.165) is 27.5 Å². The van der Waals surface area contributed by atoms with Crippen LogP contribution in [0.4, 0.5) is 10.1 Å². The number of carbonyl (C=O) groups is 3. The van der Waals surface area contributed by atoms with E-state index in [1.54, 1.807) is 54.6 Å². The molecule has 0 bridgehead atoms. The number of hydrogen-bond acceptors (Lipinski definition) is 3. The van der Waals surface area contributed by atoms with Crippen molar-refractivity contribution in [2.45, 2.75) is 12.5 Å². The van der Waals surface area contributed by atoms with E-state index < -0.39 is 29.6 Å². The summed E-state index contributed by atoms with van der Waals surface area (Å²) < 4.78 is 13.6. The molecule has 0 aromatic heterocycles. The van der Waals surface area contributed by atoms with Crippen molar-refractivity contribution in [3.8, 4) is 22.3 Å². The van der Waals surface area contributed by atoms with Crippen molar-refractivity contribution in [3.63, 3.8) is 0 Å². The third kappa shape index (κ3) is 7.21. The van der Waals surface area contributed by atoms with E-state index >= 15 is 0 Å². The van der Waals surface area contributed by atoms with Crippen LogP contribution in [0.5, 0.6) is 0 Å². The number of hydrogen-bond donors (Lipinski definition) is 3. The van der Waals surface area contributed by atoms with Gasteiger partial charge in [-0.05, 0) is 75.0 Å². The maximum atomic E-state index is 13.7. The smallest absolute Gasteiger partial charge is 0.326 e. The second kappa shape index (κ2) is 13.7. The third-order valence-electron chi connectivity index (χ3n) is 7.88. The van der Waals surface area contributed by atoms with Gasteiger partial charge >= 0.3 is 5.97 Å². The fourth-order valence-electron chi connectivity index (χ4n) is 5.35. The van der Waals surface area contributed by atoms with Crippen molar-refractivity contribution >= 4 is 45.8 Å². The topological polar surface area (TPSA) is 95.5 Å². The first-order valence-electron chi connectivity index (χ1n) is 14.8. The first-order valence-corrected chi connectivity index (χ1v) is 15.2. The van der Waals surface area contributed by atoms with Gasteiger partial charge in [0.1, 0.15) is 11.9 Å². The molecule has 0 aliphatic carbocycles. The summed E-state index contributed by atoms with van der Waals surface area (Å²) in [5, 5.41) is 17.1. The zero-order chi connectivity index (χ0) is 32.9. The highest BCUT2D eigenvalue weighted by Crippen LogP contribution is 2.27. The van der Waals surface area contributed by atoms with Gasteiger partial charge in [0.15, 0.2) is 0 Å². The van der Waals surface area contributed by atoms with Crippen molar-refractivity contribution in [3.05, 3.63) is 161 Å². The summed E-state index contributed by atoms with van der Waals surface area (Å²) in [7, 11) is 0. The fraction of sp³-hybridized carbons (Fsp3) is 0.0513. The molecule has 0 saturated heterocycles. The molecule has 0 aliphatic heterocycles. The zero-order valence-corrected chi connectivity index (χ0v) is 25.7. The van der Waals surface area contributed by atoms with Crippen LogP contribution in [0.3, 0.4) is 0 Å². The Balaban J connectivity index is 1.22. The van der Waals surface area contributed by atoms with Crippen LogP contribution in [-0.4, -0.2) is 28.9 Å². The van der Waals surface area contributed by atoms with E-state index in [1.165, 1.54) is 12.1 Å². The Hall–Kier alpha value is -5.79.